The Bertz CT molecular complexity index is 890. The first-order valence-corrected chi connectivity index (χ1v) is 7.38. The minimum Gasteiger partial charge on any atom is -0.348 e. The van der Waals surface area contributed by atoms with Crippen LogP contribution in [0.2, 0.25) is 0 Å². The smallest absolute Gasteiger partial charge is 0.286 e. The van der Waals surface area contributed by atoms with Crippen molar-refractivity contribution in [1.82, 2.24) is 9.88 Å². The second-order valence-electron chi connectivity index (χ2n) is 5.54. The number of hydrogen-bond acceptors (Lipinski definition) is 3. The number of ketones is 1. The summed E-state index contributed by atoms with van der Waals surface area (Å²) in [7, 11) is 0. The lowest BCUT2D eigenvalue weighted by atomic mass is 10.00. The van der Waals surface area contributed by atoms with Crippen molar-refractivity contribution in [2.75, 3.05) is 6.67 Å². The van der Waals surface area contributed by atoms with E-state index in [0.717, 1.165) is 16.2 Å². The molecule has 2 heterocycles. The summed E-state index contributed by atoms with van der Waals surface area (Å²) >= 11 is 0. The average molecular weight is 332 g/mol. The van der Waals surface area contributed by atoms with Gasteiger partial charge in [0, 0.05) is 30.3 Å². The molecule has 7 heteroatoms. The van der Waals surface area contributed by atoms with Gasteiger partial charge in [-0.15, -0.1) is 0 Å². The molecule has 0 saturated heterocycles. The highest BCUT2D eigenvalue weighted by Crippen LogP contribution is 2.18. The van der Waals surface area contributed by atoms with Crippen molar-refractivity contribution in [3.05, 3.63) is 68.9 Å². The van der Waals surface area contributed by atoms with Gasteiger partial charge in [0.2, 0.25) is 0 Å². The van der Waals surface area contributed by atoms with Crippen LogP contribution in [0.15, 0.2) is 35.3 Å². The van der Waals surface area contributed by atoms with E-state index in [-0.39, 0.29) is 24.7 Å². The molecule has 1 N–H and O–H groups in total. The molecule has 2 aromatic rings. The number of carbonyl (C=O) groups excluding carboxylic acids is 2. The molecule has 1 amide bonds. The van der Waals surface area contributed by atoms with Crippen LogP contribution in [0.5, 0.6) is 0 Å². The molecule has 0 aliphatic carbocycles. The largest absolute Gasteiger partial charge is 0.348 e. The number of aryl methyl sites for hydroxylation is 1. The number of nitrogens with one attached hydrogen (secondary N) is 1. The first-order valence-electron chi connectivity index (χ1n) is 7.38. The van der Waals surface area contributed by atoms with Gasteiger partial charge in [-0.3, -0.25) is 14.4 Å². The number of alkyl halides is 1. The third kappa shape index (κ3) is 2.97. The van der Waals surface area contributed by atoms with Crippen LogP contribution in [0.4, 0.5) is 8.78 Å². The molecule has 1 aliphatic rings. The number of carbonyl (C=O) groups is 2. The molecule has 1 aromatic carbocycles. The number of nitrogens with zero attached hydrogens (tertiary/aromatic N) is 1. The van der Waals surface area contributed by atoms with Gasteiger partial charge in [0.1, 0.15) is 6.67 Å². The van der Waals surface area contributed by atoms with E-state index in [4.69, 9.17) is 0 Å². The molecule has 0 atom stereocenters. The number of hydrogen-bond donors (Lipinski definition) is 1. The monoisotopic (exact) mass is 332 g/mol. The van der Waals surface area contributed by atoms with Crippen molar-refractivity contribution in [1.29, 1.82) is 0 Å². The summed E-state index contributed by atoms with van der Waals surface area (Å²) in [6, 6.07) is 5.74. The summed E-state index contributed by atoms with van der Waals surface area (Å²) in [6.45, 7) is -0.696. The number of rotatable bonds is 5. The fourth-order valence-corrected chi connectivity index (χ4v) is 2.70. The number of fused-ring (bicyclic) bond motifs is 1. The lowest BCUT2D eigenvalue weighted by molar-refractivity contribution is 0.0962. The first kappa shape index (κ1) is 16.0. The number of Topliss-reactive ketones (excluding diaryl/α,β-unsaturated/α-hetero) is 1. The third-order valence-electron chi connectivity index (χ3n) is 3.90. The standard InChI is InChI=1S/C17H14F2N2O3/c18-3-4-21-9-10(5-14(19)17(21)24)6-15(22)11-1-2-13-12(7-11)8-20-16(13)23/h1-2,5,7,9H,3-4,6,8H2,(H,20,23). The molecular formula is C17H14F2N2O3. The minimum absolute atomic E-state index is 0.121. The fourth-order valence-electron chi connectivity index (χ4n) is 2.70. The van der Waals surface area contributed by atoms with Crippen LogP contribution in [-0.2, 0) is 19.5 Å². The zero-order valence-corrected chi connectivity index (χ0v) is 12.6. The van der Waals surface area contributed by atoms with E-state index < -0.39 is 18.1 Å². The Kier molecular flexibility index (Phi) is 4.24. The Morgan fingerprint density at radius 2 is 2.04 bits per heavy atom. The van der Waals surface area contributed by atoms with Gasteiger partial charge in [-0.2, -0.15) is 0 Å². The van der Waals surface area contributed by atoms with Crippen LogP contribution in [0.25, 0.3) is 0 Å². The zero-order chi connectivity index (χ0) is 17.3. The topological polar surface area (TPSA) is 68.2 Å². The van der Waals surface area contributed by atoms with Crippen molar-refractivity contribution < 1.29 is 18.4 Å². The van der Waals surface area contributed by atoms with Crippen LogP contribution in [0.1, 0.15) is 31.8 Å². The second kappa shape index (κ2) is 6.35. The van der Waals surface area contributed by atoms with E-state index in [0.29, 0.717) is 23.2 Å². The lowest BCUT2D eigenvalue weighted by Gasteiger charge is -2.08. The Labute approximate surface area is 135 Å². The van der Waals surface area contributed by atoms with Gasteiger partial charge < -0.3 is 9.88 Å². The molecule has 0 radical (unpaired) electrons. The van der Waals surface area contributed by atoms with Gasteiger partial charge in [-0.1, -0.05) is 6.07 Å². The molecule has 24 heavy (non-hydrogen) atoms. The van der Waals surface area contributed by atoms with Crippen molar-refractivity contribution in [3.8, 4) is 0 Å². The van der Waals surface area contributed by atoms with Gasteiger partial charge in [0.25, 0.3) is 11.5 Å². The highest BCUT2D eigenvalue weighted by Gasteiger charge is 2.20. The van der Waals surface area contributed by atoms with Gasteiger partial charge in [-0.25, -0.2) is 8.78 Å². The van der Waals surface area contributed by atoms with E-state index in [2.05, 4.69) is 5.32 Å². The van der Waals surface area contributed by atoms with Gasteiger partial charge >= 0.3 is 0 Å². The molecule has 3 rings (SSSR count). The SMILES string of the molecule is O=C(Cc1cc(F)c(=O)n(CCF)c1)c1ccc2c(c1)CNC2=O. The Balaban J connectivity index is 1.85. The minimum atomic E-state index is -1.02. The Hall–Kier alpha value is -2.83. The van der Waals surface area contributed by atoms with Crippen molar-refractivity contribution >= 4 is 11.7 Å². The van der Waals surface area contributed by atoms with Crippen LogP contribution >= 0.6 is 0 Å². The quantitative estimate of drug-likeness (QED) is 0.846. The molecule has 1 aromatic heterocycles. The number of amides is 1. The van der Waals surface area contributed by atoms with Gasteiger partial charge in [0.15, 0.2) is 11.6 Å². The van der Waals surface area contributed by atoms with E-state index in [9.17, 15) is 23.2 Å². The van der Waals surface area contributed by atoms with Gasteiger partial charge in [-0.05, 0) is 29.3 Å². The van der Waals surface area contributed by atoms with Gasteiger partial charge in [0.05, 0.1) is 6.54 Å². The van der Waals surface area contributed by atoms with Crippen LogP contribution in [0, 0.1) is 5.82 Å². The molecule has 5 nitrogen and oxygen atoms in total. The van der Waals surface area contributed by atoms with E-state index in [1.54, 1.807) is 18.2 Å². The van der Waals surface area contributed by atoms with E-state index >= 15 is 0 Å². The fraction of sp³-hybridized carbons (Fsp3) is 0.235. The summed E-state index contributed by atoms with van der Waals surface area (Å²) in [6.07, 6.45) is 1.17. The van der Waals surface area contributed by atoms with Crippen LogP contribution in [0.3, 0.4) is 0 Å². The maximum absolute atomic E-state index is 13.6. The molecule has 124 valence electrons. The van der Waals surface area contributed by atoms with Crippen LogP contribution in [-0.4, -0.2) is 22.9 Å². The number of halogens is 2. The molecular weight excluding hydrogens is 318 g/mol. The van der Waals surface area contributed by atoms with Crippen molar-refractivity contribution in [3.63, 3.8) is 0 Å². The highest BCUT2D eigenvalue weighted by atomic mass is 19.1. The number of aromatic nitrogens is 1. The zero-order valence-electron chi connectivity index (χ0n) is 12.6. The normalized spacial score (nSPS) is 12.8. The summed E-state index contributed by atoms with van der Waals surface area (Å²) < 4.78 is 27.0. The molecule has 0 spiro atoms. The van der Waals surface area contributed by atoms with E-state index in [1.807, 2.05) is 0 Å². The Morgan fingerprint density at radius 3 is 2.79 bits per heavy atom. The maximum atomic E-state index is 13.6. The predicted octanol–water partition coefficient (Wildman–Crippen LogP) is 1.63. The molecule has 0 fully saturated rings. The molecule has 1 aliphatic heterocycles. The second-order valence-corrected chi connectivity index (χ2v) is 5.54. The third-order valence-corrected chi connectivity index (χ3v) is 3.90. The van der Waals surface area contributed by atoms with Crippen molar-refractivity contribution in [2.24, 2.45) is 0 Å². The molecule has 0 saturated carbocycles. The summed E-state index contributed by atoms with van der Waals surface area (Å²) in [4.78, 5) is 35.4. The molecule has 0 unspecified atom stereocenters. The Morgan fingerprint density at radius 1 is 1.25 bits per heavy atom. The van der Waals surface area contributed by atoms with E-state index in [1.165, 1.54) is 6.20 Å². The summed E-state index contributed by atoms with van der Waals surface area (Å²) in [5.74, 6) is -1.47. The number of benzene rings is 1. The van der Waals surface area contributed by atoms with Crippen LogP contribution < -0.4 is 10.9 Å². The predicted molar refractivity (Wildman–Crippen MR) is 82.3 cm³/mol. The first-order chi connectivity index (χ1) is 11.5. The maximum Gasteiger partial charge on any atom is 0.286 e. The van der Waals surface area contributed by atoms with Crippen molar-refractivity contribution in [2.45, 2.75) is 19.5 Å². The average Bonchev–Trinajstić information content (AvgIpc) is 2.93. The molecule has 0 bridgehead atoms. The summed E-state index contributed by atoms with van der Waals surface area (Å²) in [5.41, 5.74) is 1.05. The summed E-state index contributed by atoms with van der Waals surface area (Å²) in [5, 5.41) is 2.66. The number of pyridine rings is 1. The lowest BCUT2D eigenvalue weighted by Crippen LogP contribution is -2.24. The highest BCUT2D eigenvalue weighted by molar-refractivity contribution is 6.02.